The van der Waals surface area contributed by atoms with Crippen LogP contribution >= 0.6 is 11.5 Å². The zero-order valence-electron chi connectivity index (χ0n) is 6.53. The van der Waals surface area contributed by atoms with Crippen LogP contribution in [0.15, 0.2) is 18.2 Å². The molecule has 2 radical (unpaired) electrons. The van der Waals surface area contributed by atoms with Crippen LogP contribution in [0.2, 0.25) is 0 Å². The average molecular weight is 494 g/mol. The summed E-state index contributed by atoms with van der Waals surface area (Å²) in [7, 11) is 0. The van der Waals surface area contributed by atoms with Crippen molar-refractivity contribution in [3.05, 3.63) is 30.0 Å². The van der Waals surface area contributed by atoms with Crippen LogP contribution in [-0.2, 0) is 32.7 Å². The molecule has 0 aliphatic carbocycles. The van der Waals surface area contributed by atoms with E-state index in [2.05, 4.69) is 10.6 Å². The van der Waals surface area contributed by atoms with Crippen molar-refractivity contribution in [2.45, 2.75) is 0 Å². The second-order valence-electron chi connectivity index (χ2n) is 2.17. The maximum Gasteiger partial charge on any atom is 0.137 e. The molecule has 0 saturated heterocycles. The Hall–Kier alpha value is 0.274. The van der Waals surface area contributed by atoms with Gasteiger partial charge >= 0.3 is 0 Å². The van der Waals surface area contributed by atoms with E-state index in [0.717, 1.165) is 16.4 Å². The number of aromatic nitrogens is 1. The Balaban J connectivity index is 0.000000720. The van der Waals surface area contributed by atoms with Crippen molar-refractivity contribution < 1.29 is 51.8 Å². The molecule has 0 atom stereocenters. The van der Waals surface area contributed by atoms with E-state index < -0.39 is 0 Å². The fourth-order valence-electron chi connectivity index (χ4n) is 0.909. The minimum absolute atomic E-state index is 0. The number of benzene rings is 1. The van der Waals surface area contributed by atoms with Gasteiger partial charge in [-0.05, 0) is 5.56 Å². The Morgan fingerprint density at radius 3 is 2.92 bits per heavy atom. The number of nitrogens with zero attached hydrogens (tertiary/aromatic N) is 1. The molecule has 0 saturated carbocycles. The molecule has 0 amide bonds. The van der Waals surface area contributed by atoms with E-state index >= 15 is 0 Å². The molecule has 2 rings (SSSR count). The first kappa shape index (κ1) is 13.3. The summed E-state index contributed by atoms with van der Waals surface area (Å²) in [5, 5.41) is 0.916. The van der Waals surface area contributed by atoms with Crippen molar-refractivity contribution in [3.63, 3.8) is 0 Å². The molecule has 13 heavy (non-hydrogen) atoms. The number of rotatable bonds is 1. The predicted molar refractivity (Wildman–Crippen MR) is 43.8 cm³/mol. The second kappa shape index (κ2) is 5.89. The Kier molecular flexibility index (Phi) is 6.01. The summed E-state index contributed by atoms with van der Waals surface area (Å²) in [5.74, 6) is 0. The largest absolute Gasteiger partial charge is 0.299 e. The van der Waals surface area contributed by atoms with Crippen LogP contribution in [0.5, 0.6) is 0 Å². The Bertz CT molecular complexity index is 404. The summed E-state index contributed by atoms with van der Waals surface area (Å²) in [6.45, 7) is 0. The van der Waals surface area contributed by atoms with Crippen molar-refractivity contribution in [1.29, 1.82) is 0 Å². The van der Waals surface area contributed by atoms with Crippen molar-refractivity contribution in [2.24, 2.45) is 0 Å². The van der Waals surface area contributed by atoms with E-state index in [9.17, 15) is 4.79 Å². The summed E-state index contributed by atoms with van der Waals surface area (Å²) >= 11 is 1.39. The van der Waals surface area contributed by atoms with Crippen LogP contribution in [0.4, 0.5) is 0 Å². The molecular weight excluding hydrogens is 490 g/mol. The molecule has 0 aliphatic heterocycles. The van der Waals surface area contributed by atoms with E-state index in [-0.39, 0.29) is 47.0 Å². The van der Waals surface area contributed by atoms with Crippen molar-refractivity contribution in [2.75, 3.05) is 0 Å². The van der Waals surface area contributed by atoms with Gasteiger partial charge in [-0.15, -0.1) is 17.6 Å². The second-order valence-corrected chi connectivity index (χ2v) is 2.97. The number of carbonyl (C=O) groups excluding carboxylic acids is 1. The first-order chi connectivity index (χ1) is 5.40. The normalized spacial score (nSPS) is 8.62. The Labute approximate surface area is 113 Å². The summed E-state index contributed by atoms with van der Waals surface area (Å²) in [6.07, 6.45) is 3.63. The van der Waals surface area contributed by atoms with E-state index in [1.165, 1.54) is 11.5 Å². The molecule has 5 heteroatoms. The van der Waals surface area contributed by atoms with Gasteiger partial charge in [-0.2, -0.15) is 5.39 Å². The molecule has 0 spiro atoms. The molecule has 0 N–H and O–H groups in total. The summed E-state index contributed by atoms with van der Waals surface area (Å²) in [5.41, 5.74) is 0.675. The minimum Gasteiger partial charge on any atom is -0.299 e. The van der Waals surface area contributed by atoms with Gasteiger partial charge in [-0.25, -0.2) is 0 Å². The van der Waals surface area contributed by atoms with E-state index in [1.54, 1.807) is 12.1 Å². The SMILES string of the molecule is O=Cc1ccc2sn[c-]c2c1.[Am].[Y]. The molecule has 0 unspecified atom stereocenters. The van der Waals surface area contributed by atoms with Crippen LogP contribution in [0.1, 0.15) is 10.4 Å². The quantitative estimate of drug-likeness (QED) is 0.449. The van der Waals surface area contributed by atoms with E-state index in [1.807, 2.05) is 6.07 Å². The summed E-state index contributed by atoms with van der Waals surface area (Å²) < 4.78 is 4.94. The molecule has 1 aromatic carbocycles. The van der Waals surface area contributed by atoms with Gasteiger partial charge in [-0.3, -0.25) is 9.17 Å². The van der Waals surface area contributed by atoms with Gasteiger partial charge in [0, 0.05) is 47.0 Å². The smallest absolute Gasteiger partial charge is 0.137 e. The molecule has 1 aromatic heterocycles. The van der Waals surface area contributed by atoms with Crippen LogP contribution in [0.3, 0.4) is 0 Å². The van der Waals surface area contributed by atoms with Crippen molar-refractivity contribution >= 4 is 27.9 Å². The van der Waals surface area contributed by atoms with Gasteiger partial charge in [0.25, 0.3) is 0 Å². The number of carbonyl (C=O) groups is 1. The molecular formula is C8H4AmNOSY-. The van der Waals surface area contributed by atoms with Gasteiger partial charge in [0.2, 0.25) is 0 Å². The van der Waals surface area contributed by atoms with Gasteiger partial charge < -0.3 is 0 Å². The van der Waals surface area contributed by atoms with Crippen molar-refractivity contribution in [3.8, 4) is 0 Å². The number of fused-ring (bicyclic) bond motifs is 1. The monoisotopic (exact) mass is 492 g/mol. The molecule has 64 valence electrons. The fourth-order valence-corrected chi connectivity index (χ4v) is 1.48. The number of hydrogen-bond acceptors (Lipinski definition) is 3. The molecule has 0 fully saturated rings. The maximum absolute atomic E-state index is 10.3. The molecule has 0 aliphatic rings. The zero-order valence-corrected chi connectivity index (χ0v) is 13.3. The summed E-state index contributed by atoms with van der Waals surface area (Å²) in [6, 6.07) is 5.44. The van der Waals surface area contributed by atoms with Crippen LogP contribution in [0, 0.1) is 20.5 Å². The Morgan fingerprint density at radius 1 is 1.46 bits per heavy atom. The third-order valence-corrected chi connectivity index (χ3v) is 2.19. The number of hydrogen-bond donors (Lipinski definition) is 0. The summed E-state index contributed by atoms with van der Waals surface area (Å²) in [4.78, 5) is 10.3. The average Bonchev–Trinajstić information content (AvgIpc) is 2.50. The van der Waals surface area contributed by atoms with Crippen LogP contribution in [0.25, 0.3) is 10.1 Å². The molecule has 2 nitrogen and oxygen atoms in total. The number of aldehydes is 1. The van der Waals surface area contributed by atoms with Crippen LogP contribution in [-0.4, -0.2) is 10.7 Å². The van der Waals surface area contributed by atoms with Gasteiger partial charge in [0.05, 0.1) is 0 Å². The Morgan fingerprint density at radius 2 is 2.23 bits per heavy atom. The predicted octanol–water partition coefficient (Wildman–Crippen LogP) is 1.91. The first-order valence-corrected chi connectivity index (χ1v) is 3.90. The third-order valence-electron chi connectivity index (χ3n) is 1.45. The van der Waals surface area contributed by atoms with E-state index in [0.29, 0.717) is 5.56 Å². The zero-order chi connectivity index (χ0) is 7.68. The van der Waals surface area contributed by atoms with Gasteiger partial charge in [-0.1, -0.05) is 23.0 Å². The molecule has 1 heterocycles. The first-order valence-electron chi connectivity index (χ1n) is 3.12. The maximum atomic E-state index is 10.3. The topological polar surface area (TPSA) is 30.0 Å². The minimum atomic E-state index is 0. The van der Waals surface area contributed by atoms with Crippen LogP contribution < -0.4 is 0 Å². The molecule has 2 aromatic rings. The standard InChI is InChI=1S/C8H4NOS.Am.Y/c10-5-6-1-2-8-7(3-6)4-9-11-8;;/h1-3,5H;;/q-1;;. The molecule has 0 bridgehead atoms. The third kappa shape index (κ3) is 2.86. The van der Waals surface area contributed by atoms with Gasteiger partial charge in [0.1, 0.15) is 6.29 Å². The van der Waals surface area contributed by atoms with E-state index in [4.69, 9.17) is 0 Å². The van der Waals surface area contributed by atoms with Gasteiger partial charge in [0.15, 0.2) is 0 Å². The van der Waals surface area contributed by atoms with Crippen molar-refractivity contribution in [1.82, 2.24) is 4.37 Å². The fraction of sp³-hybridized carbons (Fsp3) is 0.